The lowest BCUT2D eigenvalue weighted by Crippen LogP contribution is -2.25. The van der Waals surface area contributed by atoms with Gasteiger partial charge in [-0.3, -0.25) is 9.59 Å². The van der Waals surface area contributed by atoms with Crippen LogP contribution in [-0.4, -0.2) is 29.1 Å². The Morgan fingerprint density at radius 1 is 1.00 bits per heavy atom. The van der Waals surface area contributed by atoms with Crippen molar-refractivity contribution in [2.75, 3.05) is 6.54 Å². The summed E-state index contributed by atoms with van der Waals surface area (Å²) >= 11 is 13.1. The van der Waals surface area contributed by atoms with Crippen molar-refractivity contribution in [2.45, 2.75) is 5.25 Å². The molecule has 1 heterocycles. The SMILES string of the molecule is O=C(/C=C/SC1CNN=C1C(=O)c1ccc(Cl)cc1)c1ccc(Cl)cc1. The second-order valence-corrected chi connectivity index (χ2v) is 7.48. The Morgan fingerprint density at radius 3 is 2.19 bits per heavy atom. The van der Waals surface area contributed by atoms with Gasteiger partial charge in [0.2, 0.25) is 5.78 Å². The van der Waals surface area contributed by atoms with Crippen molar-refractivity contribution in [2.24, 2.45) is 5.10 Å². The monoisotopic (exact) mass is 404 g/mol. The van der Waals surface area contributed by atoms with Gasteiger partial charge in [0.25, 0.3) is 0 Å². The minimum Gasteiger partial charge on any atom is -0.308 e. The third kappa shape index (κ3) is 4.55. The molecule has 1 atom stereocenters. The Morgan fingerprint density at radius 2 is 1.58 bits per heavy atom. The Labute approximate surface area is 165 Å². The van der Waals surface area contributed by atoms with Gasteiger partial charge in [0, 0.05) is 21.2 Å². The van der Waals surface area contributed by atoms with Crippen LogP contribution in [0.1, 0.15) is 20.7 Å². The van der Waals surface area contributed by atoms with Gasteiger partial charge < -0.3 is 5.43 Å². The summed E-state index contributed by atoms with van der Waals surface area (Å²) in [6.07, 6.45) is 1.48. The summed E-state index contributed by atoms with van der Waals surface area (Å²) in [5, 5.41) is 6.80. The summed E-state index contributed by atoms with van der Waals surface area (Å²) in [5.74, 6) is -0.274. The van der Waals surface area contributed by atoms with Gasteiger partial charge in [0.1, 0.15) is 5.71 Å². The molecule has 1 N–H and O–H groups in total. The number of benzene rings is 2. The molecule has 0 radical (unpaired) electrons. The second-order valence-electron chi connectivity index (χ2n) is 5.49. The van der Waals surface area contributed by atoms with Gasteiger partial charge in [-0.15, -0.1) is 11.8 Å². The summed E-state index contributed by atoms with van der Waals surface area (Å²) in [6, 6.07) is 13.4. The summed E-state index contributed by atoms with van der Waals surface area (Å²) < 4.78 is 0. The Bertz CT molecular complexity index is 877. The molecule has 0 bridgehead atoms. The standard InChI is InChI=1S/C19H14Cl2N2O2S/c20-14-5-1-12(2-6-14)16(24)9-10-26-17-11-22-23-18(17)19(25)13-3-7-15(21)8-4-13/h1-10,17,22H,11H2/b10-9+. The van der Waals surface area contributed by atoms with Gasteiger partial charge >= 0.3 is 0 Å². The maximum atomic E-state index is 12.6. The van der Waals surface area contributed by atoms with Gasteiger partial charge in [-0.05, 0) is 60.0 Å². The molecule has 0 saturated carbocycles. The largest absolute Gasteiger partial charge is 0.308 e. The number of nitrogens with zero attached hydrogens (tertiary/aromatic N) is 1. The molecule has 7 heteroatoms. The maximum Gasteiger partial charge on any atom is 0.210 e. The zero-order valence-corrected chi connectivity index (χ0v) is 15.8. The molecule has 1 unspecified atom stereocenters. The molecular formula is C19H14Cl2N2O2S. The average Bonchev–Trinajstić information content (AvgIpc) is 3.10. The third-order valence-electron chi connectivity index (χ3n) is 3.71. The fourth-order valence-corrected chi connectivity index (χ4v) is 3.45. The normalized spacial score (nSPS) is 16.4. The van der Waals surface area contributed by atoms with Crippen molar-refractivity contribution >= 4 is 52.2 Å². The van der Waals surface area contributed by atoms with Crippen molar-refractivity contribution < 1.29 is 9.59 Å². The molecule has 1 aliphatic rings. The lowest BCUT2D eigenvalue weighted by molar-refractivity contribution is 0.104. The van der Waals surface area contributed by atoms with Gasteiger partial charge in [-0.1, -0.05) is 23.2 Å². The van der Waals surface area contributed by atoms with Gasteiger partial charge in [-0.25, -0.2) is 0 Å². The summed E-state index contributed by atoms with van der Waals surface area (Å²) in [5.41, 5.74) is 4.37. The fourth-order valence-electron chi connectivity index (χ4n) is 2.35. The number of carbonyl (C=O) groups is 2. The minimum atomic E-state index is -0.160. The van der Waals surface area contributed by atoms with E-state index in [9.17, 15) is 9.59 Å². The van der Waals surface area contributed by atoms with E-state index in [2.05, 4.69) is 10.5 Å². The number of halogens is 2. The van der Waals surface area contributed by atoms with Crippen molar-refractivity contribution in [1.82, 2.24) is 5.43 Å². The van der Waals surface area contributed by atoms with Crippen LogP contribution in [0.5, 0.6) is 0 Å². The van der Waals surface area contributed by atoms with E-state index in [1.54, 1.807) is 53.9 Å². The lowest BCUT2D eigenvalue weighted by atomic mass is 10.1. The van der Waals surface area contributed by atoms with E-state index < -0.39 is 0 Å². The van der Waals surface area contributed by atoms with E-state index in [1.807, 2.05) is 0 Å². The predicted octanol–water partition coefficient (Wildman–Crippen LogP) is 4.63. The van der Waals surface area contributed by atoms with Crippen LogP contribution in [0.4, 0.5) is 0 Å². The number of carbonyl (C=O) groups excluding carboxylic acids is 2. The van der Waals surface area contributed by atoms with Crippen LogP contribution < -0.4 is 5.43 Å². The van der Waals surface area contributed by atoms with E-state index in [-0.39, 0.29) is 16.8 Å². The number of hydrazone groups is 1. The quantitative estimate of drug-likeness (QED) is 0.562. The van der Waals surface area contributed by atoms with Crippen LogP contribution in [0.15, 0.2) is 65.1 Å². The number of thioether (sulfide) groups is 1. The van der Waals surface area contributed by atoms with Gasteiger partial charge in [0.05, 0.1) is 11.8 Å². The lowest BCUT2D eigenvalue weighted by Gasteiger charge is -2.08. The molecule has 4 nitrogen and oxygen atoms in total. The van der Waals surface area contributed by atoms with E-state index in [0.29, 0.717) is 33.4 Å². The number of hydrogen-bond acceptors (Lipinski definition) is 5. The van der Waals surface area contributed by atoms with Crippen LogP contribution in [0.3, 0.4) is 0 Å². The molecule has 0 aliphatic carbocycles. The van der Waals surface area contributed by atoms with Crippen LogP contribution in [0.25, 0.3) is 0 Å². The molecule has 2 aromatic carbocycles. The topological polar surface area (TPSA) is 58.5 Å². The molecule has 0 amide bonds. The summed E-state index contributed by atoms with van der Waals surface area (Å²) in [6.45, 7) is 0.527. The van der Waals surface area contributed by atoms with Gasteiger partial charge in [0.15, 0.2) is 5.78 Å². The Kier molecular flexibility index (Phi) is 6.14. The van der Waals surface area contributed by atoms with Crippen LogP contribution in [0, 0.1) is 0 Å². The average molecular weight is 405 g/mol. The van der Waals surface area contributed by atoms with Crippen molar-refractivity contribution in [3.05, 3.63) is 81.2 Å². The summed E-state index contributed by atoms with van der Waals surface area (Å²) in [4.78, 5) is 24.7. The molecule has 3 rings (SSSR count). The predicted molar refractivity (Wildman–Crippen MR) is 108 cm³/mol. The number of hydrogen-bond donors (Lipinski definition) is 1. The number of nitrogens with one attached hydrogen (secondary N) is 1. The number of allylic oxidation sites excluding steroid dienone is 1. The van der Waals surface area contributed by atoms with E-state index in [4.69, 9.17) is 23.2 Å². The fraction of sp³-hybridized carbons (Fsp3) is 0.105. The van der Waals surface area contributed by atoms with Crippen LogP contribution in [0.2, 0.25) is 10.0 Å². The highest BCUT2D eigenvalue weighted by Crippen LogP contribution is 2.21. The number of rotatable bonds is 6. The second kappa shape index (κ2) is 8.54. The highest BCUT2D eigenvalue weighted by Gasteiger charge is 2.28. The first-order valence-electron chi connectivity index (χ1n) is 7.77. The van der Waals surface area contributed by atoms with Crippen molar-refractivity contribution in [3.8, 4) is 0 Å². The molecule has 2 aromatic rings. The Balaban J connectivity index is 1.63. The first kappa shape index (κ1) is 18.7. The third-order valence-corrected chi connectivity index (χ3v) is 5.23. The van der Waals surface area contributed by atoms with E-state index in [0.717, 1.165) is 0 Å². The smallest absolute Gasteiger partial charge is 0.210 e. The zero-order chi connectivity index (χ0) is 18.5. The minimum absolute atomic E-state index is 0.123. The first-order chi connectivity index (χ1) is 12.5. The van der Waals surface area contributed by atoms with Crippen LogP contribution in [-0.2, 0) is 0 Å². The first-order valence-corrected chi connectivity index (χ1v) is 9.47. The molecule has 1 aliphatic heterocycles. The highest BCUT2D eigenvalue weighted by atomic mass is 35.5. The summed E-state index contributed by atoms with van der Waals surface area (Å²) in [7, 11) is 0. The number of ketones is 2. The van der Waals surface area contributed by atoms with Crippen molar-refractivity contribution in [1.29, 1.82) is 0 Å². The van der Waals surface area contributed by atoms with Crippen LogP contribution >= 0.6 is 35.0 Å². The number of Topliss-reactive ketones (excluding diaryl/α,β-unsaturated/α-hetero) is 1. The molecule has 26 heavy (non-hydrogen) atoms. The zero-order valence-electron chi connectivity index (χ0n) is 13.5. The Hall–Kier alpha value is -2.08. The molecule has 0 spiro atoms. The molecule has 132 valence electrons. The highest BCUT2D eigenvalue weighted by molar-refractivity contribution is 8.03. The van der Waals surface area contributed by atoms with Crippen molar-refractivity contribution in [3.63, 3.8) is 0 Å². The molecule has 0 aromatic heterocycles. The van der Waals surface area contributed by atoms with E-state index >= 15 is 0 Å². The maximum absolute atomic E-state index is 12.6. The molecular weight excluding hydrogens is 391 g/mol. The molecule has 0 saturated heterocycles. The molecule has 0 fully saturated rings. The van der Waals surface area contributed by atoms with E-state index in [1.165, 1.54) is 17.8 Å². The van der Waals surface area contributed by atoms with Gasteiger partial charge in [-0.2, -0.15) is 5.10 Å².